The average Bonchev–Trinajstić information content (AvgIpc) is 3.11. The number of rotatable bonds is 9. The van der Waals surface area contributed by atoms with Crippen LogP contribution in [0.15, 0.2) is 52.9 Å². The summed E-state index contributed by atoms with van der Waals surface area (Å²) in [6, 6.07) is 15.6. The molecule has 0 spiro atoms. The maximum Gasteiger partial charge on any atom is 0.219 e. The van der Waals surface area contributed by atoms with E-state index < -0.39 is 6.10 Å². The normalized spacial score (nSPS) is 12.1. The minimum absolute atomic E-state index is 0.0669. The summed E-state index contributed by atoms with van der Waals surface area (Å²) in [5.41, 5.74) is 1.83. The maximum absolute atomic E-state index is 11.3. The van der Waals surface area contributed by atoms with E-state index >= 15 is 0 Å². The van der Waals surface area contributed by atoms with Crippen molar-refractivity contribution in [2.45, 2.75) is 23.8 Å². The van der Waals surface area contributed by atoms with Crippen LogP contribution in [-0.2, 0) is 4.79 Å². The molecule has 0 radical (unpaired) electrons. The Hall–Kier alpha value is -2.09. The average molecular weight is 417 g/mol. The first-order valence-corrected chi connectivity index (χ1v) is 10.9. The lowest BCUT2D eigenvalue weighted by Gasteiger charge is -2.19. The molecule has 0 bridgehead atoms. The van der Waals surface area contributed by atoms with E-state index in [0.717, 1.165) is 33.3 Å². The van der Waals surface area contributed by atoms with Crippen LogP contribution in [0, 0.1) is 0 Å². The molecule has 0 aliphatic heterocycles. The summed E-state index contributed by atoms with van der Waals surface area (Å²) in [5, 5.41) is 10.2. The summed E-state index contributed by atoms with van der Waals surface area (Å²) in [4.78, 5) is 17.4. The summed E-state index contributed by atoms with van der Waals surface area (Å²) in [6.07, 6.45) is 0.224. The van der Waals surface area contributed by atoms with Gasteiger partial charge in [0, 0.05) is 19.7 Å². The summed E-state index contributed by atoms with van der Waals surface area (Å²) < 4.78 is 8.09. The van der Waals surface area contributed by atoms with Gasteiger partial charge in [0.15, 0.2) is 4.34 Å². The van der Waals surface area contributed by atoms with E-state index in [1.807, 2.05) is 42.5 Å². The van der Waals surface area contributed by atoms with Gasteiger partial charge in [-0.2, -0.15) is 0 Å². The Bertz CT molecular complexity index is 878. The van der Waals surface area contributed by atoms with Gasteiger partial charge in [0.2, 0.25) is 5.91 Å². The lowest BCUT2D eigenvalue weighted by atomic mass is 10.1. The molecule has 1 N–H and O–H groups in total. The second kappa shape index (κ2) is 9.91. The number of benzene rings is 2. The first-order valence-electron chi connectivity index (χ1n) is 9.14. The van der Waals surface area contributed by atoms with Crippen molar-refractivity contribution >= 4 is 39.2 Å². The predicted octanol–water partition coefficient (Wildman–Crippen LogP) is 4.37. The van der Waals surface area contributed by atoms with Gasteiger partial charge in [0.25, 0.3) is 0 Å². The second-order valence-corrected chi connectivity index (χ2v) is 8.86. The third kappa shape index (κ3) is 5.70. The minimum Gasteiger partial charge on any atom is -0.494 e. The van der Waals surface area contributed by atoms with Crippen molar-refractivity contribution in [3.63, 3.8) is 0 Å². The van der Waals surface area contributed by atoms with E-state index in [2.05, 4.69) is 11.1 Å². The number of aliphatic hydroxyl groups excluding tert-OH is 1. The lowest BCUT2D eigenvalue weighted by molar-refractivity contribution is -0.128. The van der Waals surface area contributed by atoms with Crippen molar-refractivity contribution in [1.29, 1.82) is 0 Å². The number of carbonyl (C=O) groups is 1. The van der Waals surface area contributed by atoms with E-state index in [1.165, 1.54) is 16.5 Å². The molecular formula is C21H24N2O3S2. The smallest absolute Gasteiger partial charge is 0.219 e. The van der Waals surface area contributed by atoms with Gasteiger partial charge >= 0.3 is 0 Å². The number of fused-ring (bicyclic) bond motifs is 1. The van der Waals surface area contributed by atoms with Gasteiger partial charge in [-0.15, -0.1) is 11.3 Å². The van der Waals surface area contributed by atoms with Crippen LogP contribution >= 0.6 is 23.1 Å². The first kappa shape index (κ1) is 20.6. The molecule has 5 nitrogen and oxygen atoms in total. The molecule has 0 unspecified atom stereocenters. The van der Waals surface area contributed by atoms with E-state index in [4.69, 9.17) is 4.74 Å². The van der Waals surface area contributed by atoms with Gasteiger partial charge in [-0.25, -0.2) is 4.98 Å². The van der Waals surface area contributed by atoms with Gasteiger partial charge in [0.1, 0.15) is 5.75 Å². The van der Waals surface area contributed by atoms with E-state index in [1.54, 1.807) is 30.1 Å². The Morgan fingerprint density at radius 2 is 2.00 bits per heavy atom. The molecule has 0 saturated heterocycles. The van der Waals surface area contributed by atoms with Crippen LogP contribution in [0.2, 0.25) is 0 Å². The quantitative estimate of drug-likeness (QED) is 0.415. The second-order valence-electron chi connectivity index (χ2n) is 6.48. The Labute approximate surface area is 173 Å². The number of para-hydroxylation sites is 1. The summed E-state index contributed by atoms with van der Waals surface area (Å²) in [5.74, 6) is 1.66. The van der Waals surface area contributed by atoms with Gasteiger partial charge < -0.3 is 14.7 Å². The molecule has 7 heteroatoms. The van der Waals surface area contributed by atoms with Crippen LogP contribution in [0.5, 0.6) is 5.75 Å². The van der Waals surface area contributed by atoms with Crippen molar-refractivity contribution in [2.24, 2.45) is 0 Å². The minimum atomic E-state index is -0.701. The van der Waals surface area contributed by atoms with Crippen LogP contribution in [0.3, 0.4) is 0 Å². The molecule has 0 aliphatic rings. The number of carbonyl (C=O) groups excluding carboxylic acids is 1. The maximum atomic E-state index is 11.3. The van der Waals surface area contributed by atoms with Gasteiger partial charge in [-0.1, -0.05) is 36.0 Å². The van der Waals surface area contributed by atoms with Crippen LogP contribution in [-0.4, -0.2) is 46.8 Å². The summed E-state index contributed by atoms with van der Waals surface area (Å²) >= 11 is 3.48. The van der Waals surface area contributed by atoms with E-state index in [-0.39, 0.29) is 12.5 Å². The van der Waals surface area contributed by atoms with E-state index in [0.29, 0.717) is 6.61 Å². The summed E-state index contributed by atoms with van der Waals surface area (Å²) in [6.45, 7) is 2.39. The highest BCUT2D eigenvalue weighted by atomic mass is 32.2. The number of thiazole rings is 1. The molecular weight excluding hydrogens is 392 g/mol. The molecule has 0 aliphatic carbocycles. The monoisotopic (exact) mass is 416 g/mol. The molecule has 0 saturated carbocycles. The Kier molecular flexibility index (Phi) is 7.30. The standard InChI is InChI=1S/C21H24N2O3S2/c1-15(24)23(2)14-19(25)16-8-10-17(11-9-16)26-12-5-13-27-21-22-18-6-3-4-7-20(18)28-21/h3-4,6-11,19,25H,5,12-14H2,1-2H3/t19-/m0/s1. The van der Waals surface area contributed by atoms with Crippen molar-refractivity contribution in [3.8, 4) is 5.75 Å². The first-order chi connectivity index (χ1) is 13.5. The number of hydrogen-bond donors (Lipinski definition) is 1. The Balaban J connectivity index is 1.39. The molecule has 1 heterocycles. The molecule has 1 amide bonds. The number of hydrogen-bond acceptors (Lipinski definition) is 6. The Morgan fingerprint density at radius 3 is 2.71 bits per heavy atom. The zero-order valence-electron chi connectivity index (χ0n) is 16.0. The fourth-order valence-electron chi connectivity index (χ4n) is 2.60. The molecule has 28 heavy (non-hydrogen) atoms. The van der Waals surface area contributed by atoms with E-state index in [9.17, 15) is 9.90 Å². The van der Waals surface area contributed by atoms with Crippen LogP contribution in [0.25, 0.3) is 10.2 Å². The van der Waals surface area contributed by atoms with Crippen LogP contribution < -0.4 is 4.74 Å². The zero-order valence-corrected chi connectivity index (χ0v) is 17.6. The summed E-state index contributed by atoms with van der Waals surface area (Å²) in [7, 11) is 1.68. The van der Waals surface area contributed by atoms with Gasteiger partial charge in [0.05, 0.1) is 29.5 Å². The van der Waals surface area contributed by atoms with Gasteiger partial charge in [-0.05, 0) is 36.2 Å². The Morgan fingerprint density at radius 1 is 1.25 bits per heavy atom. The van der Waals surface area contributed by atoms with Crippen molar-refractivity contribution in [1.82, 2.24) is 9.88 Å². The number of amides is 1. The predicted molar refractivity (Wildman–Crippen MR) is 115 cm³/mol. The van der Waals surface area contributed by atoms with Crippen molar-refractivity contribution in [3.05, 3.63) is 54.1 Å². The molecule has 1 atom stereocenters. The molecule has 2 aromatic carbocycles. The fourth-order valence-corrected chi connectivity index (χ4v) is 4.65. The topological polar surface area (TPSA) is 62.7 Å². The zero-order chi connectivity index (χ0) is 19.9. The van der Waals surface area contributed by atoms with Gasteiger partial charge in [-0.3, -0.25) is 4.79 Å². The number of nitrogens with zero attached hydrogens (tertiary/aromatic N) is 2. The molecule has 3 aromatic rings. The third-order valence-corrected chi connectivity index (χ3v) is 6.57. The highest BCUT2D eigenvalue weighted by Crippen LogP contribution is 2.29. The number of aromatic nitrogens is 1. The third-order valence-electron chi connectivity index (χ3n) is 4.31. The highest BCUT2D eigenvalue weighted by Gasteiger charge is 2.12. The van der Waals surface area contributed by atoms with Crippen molar-refractivity contribution in [2.75, 3.05) is 26.0 Å². The number of thioether (sulfide) groups is 1. The van der Waals surface area contributed by atoms with Crippen LogP contribution in [0.4, 0.5) is 0 Å². The largest absolute Gasteiger partial charge is 0.494 e. The van der Waals surface area contributed by atoms with Crippen LogP contribution in [0.1, 0.15) is 25.0 Å². The molecule has 0 fully saturated rings. The lowest BCUT2D eigenvalue weighted by Crippen LogP contribution is -2.28. The molecule has 3 rings (SSSR count). The highest BCUT2D eigenvalue weighted by molar-refractivity contribution is 8.01. The molecule has 1 aromatic heterocycles. The number of aliphatic hydroxyl groups is 1. The number of ether oxygens (including phenoxy) is 1. The fraction of sp³-hybridized carbons (Fsp3) is 0.333. The number of likely N-dealkylation sites (N-methyl/N-ethyl adjacent to an activating group) is 1. The van der Waals surface area contributed by atoms with Crippen molar-refractivity contribution < 1.29 is 14.6 Å². The SMILES string of the molecule is CC(=O)N(C)C[C@H](O)c1ccc(OCCCSc2nc3ccccc3s2)cc1. The molecule has 148 valence electrons.